The lowest BCUT2D eigenvalue weighted by Crippen LogP contribution is -2.44. The number of ether oxygens (including phenoxy) is 1. The normalized spacial score (nSPS) is 20.2. The van der Waals surface area contributed by atoms with Crippen LogP contribution in [-0.4, -0.2) is 37.2 Å². The molecule has 2 rings (SSSR count). The molecular formula is C13H20ClFN2O. The van der Waals surface area contributed by atoms with Gasteiger partial charge in [-0.05, 0) is 43.7 Å². The number of likely N-dealkylation sites (tertiary alicyclic amines) is 1. The fraction of sp³-hybridized carbons (Fsp3) is 0.538. The summed E-state index contributed by atoms with van der Waals surface area (Å²) < 4.78 is 18.2. The van der Waals surface area contributed by atoms with Crippen molar-refractivity contribution in [3.63, 3.8) is 0 Å². The maximum absolute atomic E-state index is 12.7. The lowest BCUT2D eigenvalue weighted by Gasteiger charge is -2.30. The van der Waals surface area contributed by atoms with Crippen molar-refractivity contribution >= 4 is 12.4 Å². The lowest BCUT2D eigenvalue weighted by molar-refractivity contribution is 0.171. The Morgan fingerprint density at radius 1 is 1.33 bits per heavy atom. The molecule has 1 saturated heterocycles. The van der Waals surface area contributed by atoms with Gasteiger partial charge in [0.1, 0.15) is 18.2 Å². The first-order chi connectivity index (χ1) is 8.24. The number of benzene rings is 1. The van der Waals surface area contributed by atoms with Gasteiger partial charge in [0.15, 0.2) is 0 Å². The molecule has 5 heteroatoms. The second-order valence-corrected chi connectivity index (χ2v) is 4.51. The molecule has 1 fully saturated rings. The molecule has 0 spiro atoms. The topological polar surface area (TPSA) is 38.5 Å². The van der Waals surface area contributed by atoms with Gasteiger partial charge in [-0.3, -0.25) is 4.90 Å². The minimum atomic E-state index is -0.237. The summed E-state index contributed by atoms with van der Waals surface area (Å²) in [5.41, 5.74) is 5.90. The standard InChI is InChI=1S/C13H19FN2O.ClH/c14-11-3-5-13(6-4-11)17-9-8-16-7-1-2-12(15)10-16;/h3-6,12H,1-2,7-10,15H2;1H/t12-;/m1./s1. The number of nitrogens with zero attached hydrogens (tertiary/aromatic N) is 1. The summed E-state index contributed by atoms with van der Waals surface area (Å²) in [6.45, 7) is 3.55. The van der Waals surface area contributed by atoms with Gasteiger partial charge >= 0.3 is 0 Å². The van der Waals surface area contributed by atoms with Crippen LogP contribution in [-0.2, 0) is 0 Å². The van der Waals surface area contributed by atoms with E-state index >= 15 is 0 Å². The van der Waals surface area contributed by atoms with E-state index in [2.05, 4.69) is 4.90 Å². The lowest BCUT2D eigenvalue weighted by atomic mass is 10.1. The van der Waals surface area contributed by atoms with Crippen molar-refractivity contribution in [3.05, 3.63) is 30.1 Å². The zero-order chi connectivity index (χ0) is 12.1. The molecule has 18 heavy (non-hydrogen) atoms. The SMILES string of the molecule is Cl.N[C@@H]1CCCN(CCOc2ccc(F)cc2)C1. The van der Waals surface area contributed by atoms with Crippen LogP contribution in [0.3, 0.4) is 0 Å². The number of rotatable bonds is 4. The predicted molar refractivity (Wildman–Crippen MR) is 72.8 cm³/mol. The molecule has 0 aromatic heterocycles. The average Bonchev–Trinajstić information content (AvgIpc) is 2.32. The first kappa shape index (κ1) is 15.2. The van der Waals surface area contributed by atoms with Crippen molar-refractivity contribution in [2.24, 2.45) is 5.73 Å². The molecule has 0 unspecified atom stereocenters. The van der Waals surface area contributed by atoms with E-state index in [0.29, 0.717) is 18.4 Å². The molecule has 3 nitrogen and oxygen atoms in total. The van der Waals surface area contributed by atoms with Gasteiger partial charge in [-0.1, -0.05) is 0 Å². The van der Waals surface area contributed by atoms with Crippen LogP contribution in [0.1, 0.15) is 12.8 Å². The maximum Gasteiger partial charge on any atom is 0.123 e. The third-order valence-corrected chi connectivity index (χ3v) is 3.03. The summed E-state index contributed by atoms with van der Waals surface area (Å²) in [4.78, 5) is 2.32. The van der Waals surface area contributed by atoms with Gasteiger partial charge in [-0.25, -0.2) is 4.39 Å². The Morgan fingerprint density at radius 3 is 2.72 bits per heavy atom. The zero-order valence-corrected chi connectivity index (χ0v) is 11.2. The van der Waals surface area contributed by atoms with E-state index in [1.54, 1.807) is 12.1 Å². The van der Waals surface area contributed by atoms with Crippen LogP contribution in [0.25, 0.3) is 0 Å². The molecule has 0 radical (unpaired) electrons. The van der Waals surface area contributed by atoms with Crippen LogP contribution >= 0.6 is 12.4 Å². The quantitative estimate of drug-likeness (QED) is 0.913. The first-order valence-corrected chi connectivity index (χ1v) is 6.10. The fourth-order valence-corrected chi connectivity index (χ4v) is 2.12. The Morgan fingerprint density at radius 2 is 2.06 bits per heavy atom. The molecule has 1 aromatic rings. The summed E-state index contributed by atoms with van der Waals surface area (Å²) in [6, 6.07) is 6.42. The van der Waals surface area contributed by atoms with Crippen molar-refractivity contribution < 1.29 is 9.13 Å². The summed E-state index contributed by atoms with van der Waals surface area (Å²) in [6.07, 6.45) is 2.28. The maximum atomic E-state index is 12.7. The largest absolute Gasteiger partial charge is 0.492 e. The van der Waals surface area contributed by atoms with Crippen LogP contribution in [0.4, 0.5) is 4.39 Å². The van der Waals surface area contributed by atoms with Gasteiger partial charge in [-0.15, -0.1) is 12.4 Å². The molecule has 0 bridgehead atoms. The molecule has 1 atom stereocenters. The third kappa shape index (κ3) is 4.80. The number of nitrogens with two attached hydrogens (primary N) is 1. The summed E-state index contributed by atoms with van der Waals surface area (Å²) in [5, 5.41) is 0. The fourth-order valence-electron chi connectivity index (χ4n) is 2.12. The van der Waals surface area contributed by atoms with E-state index < -0.39 is 0 Å². The minimum Gasteiger partial charge on any atom is -0.492 e. The highest BCUT2D eigenvalue weighted by Gasteiger charge is 2.15. The van der Waals surface area contributed by atoms with Crippen LogP contribution in [0.2, 0.25) is 0 Å². The van der Waals surface area contributed by atoms with Crippen molar-refractivity contribution in [1.29, 1.82) is 0 Å². The van der Waals surface area contributed by atoms with Crippen LogP contribution in [0.5, 0.6) is 5.75 Å². The van der Waals surface area contributed by atoms with Crippen molar-refractivity contribution in [2.75, 3.05) is 26.2 Å². The summed E-state index contributed by atoms with van der Waals surface area (Å²) in [7, 11) is 0. The van der Waals surface area contributed by atoms with Crippen LogP contribution in [0, 0.1) is 5.82 Å². The van der Waals surface area contributed by atoms with E-state index in [1.165, 1.54) is 12.1 Å². The number of hydrogen-bond donors (Lipinski definition) is 1. The van der Waals surface area contributed by atoms with Crippen molar-refractivity contribution in [1.82, 2.24) is 4.90 Å². The summed E-state index contributed by atoms with van der Waals surface area (Å²) in [5.74, 6) is 0.479. The third-order valence-electron chi connectivity index (χ3n) is 3.03. The van der Waals surface area contributed by atoms with Crippen molar-refractivity contribution in [2.45, 2.75) is 18.9 Å². The number of halogens is 2. The molecule has 102 valence electrons. The molecule has 2 N–H and O–H groups in total. The highest BCUT2D eigenvalue weighted by molar-refractivity contribution is 5.85. The van der Waals surface area contributed by atoms with Crippen molar-refractivity contribution in [3.8, 4) is 5.75 Å². The van der Waals surface area contributed by atoms with Gasteiger partial charge in [0.25, 0.3) is 0 Å². The Hall–Kier alpha value is -0.840. The van der Waals surface area contributed by atoms with Crippen LogP contribution in [0.15, 0.2) is 24.3 Å². The molecule has 0 saturated carbocycles. The van der Waals surface area contributed by atoms with Gasteiger partial charge in [0.2, 0.25) is 0 Å². The van der Waals surface area contributed by atoms with Gasteiger partial charge in [-0.2, -0.15) is 0 Å². The average molecular weight is 275 g/mol. The molecular weight excluding hydrogens is 255 g/mol. The summed E-state index contributed by atoms with van der Waals surface area (Å²) >= 11 is 0. The Kier molecular flexibility index (Phi) is 6.39. The van der Waals surface area contributed by atoms with E-state index in [0.717, 1.165) is 32.5 Å². The minimum absolute atomic E-state index is 0. The second-order valence-electron chi connectivity index (χ2n) is 4.51. The number of hydrogen-bond acceptors (Lipinski definition) is 3. The highest BCUT2D eigenvalue weighted by Crippen LogP contribution is 2.12. The van der Waals surface area contributed by atoms with Crippen LogP contribution < -0.4 is 10.5 Å². The van der Waals surface area contributed by atoms with E-state index in [9.17, 15) is 4.39 Å². The predicted octanol–water partition coefficient (Wildman–Crippen LogP) is 2.05. The zero-order valence-electron chi connectivity index (χ0n) is 10.3. The molecule has 0 aliphatic carbocycles. The molecule has 1 aromatic carbocycles. The molecule has 1 heterocycles. The van der Waals surface area contributed by atoms with Gasteiger partial charge in [0.05, 0.1) is 0 Å². The highest BCUT2D eigenvalue weighted by atomic mass is 35.5. The van der Waals surface area contributed by atoms with Gasteiger partial charge < -0.3 is 10.5 Å². The molecule has 1 aliphatic heterocycles. The Balaban J connectivity index is 0.00000162. The van der Waals surface area contributed by atoms with E-state index in [4.69, 9.17) is 10.5 Å². The van der Waals surface area contributed by atoms with E-state index in [1.807, 2.05) is 0 Å². The second kappa shape index (κ2) is 7.56. The molecule has 0 amide bonds. The monoisotopic (exact) mass is 274 g/mol. The Bertz CT molecular complexity index is 347. The van der Waals surface area contributed by atoms with E-state index in [-0.39, 0.29) is 18.2 Å². The smallest absolute Gasteiger partial charge is 0.123 e. The Labute approximate surface area is 114 Å². The molecule has 1 aliphatic rings. The first-order valence-electron chi connectivity index (χ1n) is 6.10. The van der Waals surface area contributed by atoms with Gasteiger partial charge in [0, 0.05) is 19.1 Å². The number of piperidine rings is 1.